The highest BCUT2D eigenvalue weighted by Crippen LogP contribution is 2.45. The van der Waals surface area contributed by atoms with Gasteiger partial charge in [0.15, 0.2) is 11.5 Å². The summed E-state index contributed by atoms with van der Waals surface area (Å²) in [6, 6.07) is 17.8. The van der Waals surface area contributed by atoms with Gasteiger partial charge in [0.2, 0.25) is 0 Å². The lowest BCUT2D eigenvalue weighted by Gasteiger charge is -2.22. The zero-order valence-corrected chi connectivity index (χ0v) is 16.4. The van der Waals surface area contributed by atoms with Gasteiger partial charge in [-0.15, -0.1) is 17.0 Å². The molecular weight excluding hydrogens is 409 g/mol. The van der Waals surface area contributed by atoms with E-state index >= 15 is 0 Å². The highest BCUT2D eigenvalue weighted by atomic mass is 79.9. The smallest absolute Gasteiger partial charge is 0.165 e. The van der Waals surface area contributed by atoms with E-state index in [4.69, 9.17) is 0 Å². The molecule has 1 aliphatic heterocycles. The molecular formula is C22H21BrFNO2. The van der Waals surface area contributed by atoms with Gasteiger partial charge >= 0.3 is 0 Å². The zero-order chi connectivity index (χ0) is 18.1. The van der Waals surface area contributed by atoms with Gasteiger partial charge in [-0.05, 0) is 53.4 Å². The van der Waals surface area contributed by atoms with Crippen molar-refractivity contribution in [2.75, 3.05) is 13.1 Å². The molecule has 0 amide bonds. The Labute approximate surface area is 168 Å². The van der Waals surface area contributed by atoms with E-state index in [1.807, 2.05) is 18.2 Å². The second-order valence-electron chi connectivity index (χ2n) is 6.61. The molecule has 0 aliphatic carbocycles. The highest BCUT2D eigenvalue weighted by molar-refractivity contribution is 8.93. The summed E-state index contributed by atoms with van der Waals surface area (Å²) < 4.78 is 13.3. The number of hydrogen-bond acceptors (Lipinski definition) is 3. The second-order valence-corrected chi connectivity index (χ2v) is 6.61. The summed E-state index contributed by atoms with van der Waals surface area (Å²) in [5.74, 6) is -0.558. The van der Waals surface area contributed by atoms with E-state index in [9.17, 15) is 14.6 Å². The highest BCUT2D eigenvalue weighted by Gasteiger charge is 2.26. The largest absolute Gasteiger partial charge is 0.504 e. The Morgan fingerprint density at radius 1 is 0.963 bits per heavy atom. The minimum absolute atomic E-state index is 0. The molecule has 3 aromatic rings. The average Bonchev–Trinajstić information content (AvgIpc) is 2.87. The molecule has 0 spiro atoms. The van der Waals surface area contributed by atoms with Crippen molar-refractivity contribution in [1.29, 1.82) is 0 Å². The number of nitrogens with one attached hydrogen (secondary N) is 1. The molecule has 1 aliphatic rings. The number of halogens is 2. The maximum absolute atomic E-state index is 13.3. The van der Waals surface area contributed by atoms with E-state index in [1.165, 1.54) is 12.1 Å². The van der Waals surface area contributed by atoms with Crippen molar-refractivity contribution in [3.05, 3.63) is 83.2 Å². The van der Waals surface area contributed by atoms with Crippen molar-refractivity contribution in [3.63, 3.8) is 0 Å². The molecule has 27 heavy (non-hydrogen) atoms. The summed E-state index contributed by atoms with van der Waals surface area (Å²) in [5.41, 5.74) is 4.43. The van der Waals surface area contributed by atoms with Crippen LogP contribution in [-0.4, -0.2) is 23.3 Å². The Balaban J connectivity index is 0.00000210. The monoisotopic (exact) mass is 429 g/mol. The van der Waals surface area contributed by atoms with Gasteiger partial charge in [-0.25, -0.2) is 4.39 Å². The fraction of sp³-hybridized carbons (Fsp3) is 0.182. The quantitative estimate of drug-likeness (QED) is 0.514. The molecule has 4 rings (SSSR count). The van der Waals surface area contributed by atoms with E-state index in [2.05, 4.69) is 17.4 Å². The van der Waals surface area contributed by atoms with E-state index in [1.54, 1.807) is 18.2 Å². The third-order valence-corrected chi connectivity index (χ3v) is 5.03. The fourth-order valence-electron chi connectivity index (χ4n) is 3.78. The van der Waals surface area contributed by atoms with Gasteiger partial charge < -0.3 is 15.5 Å². The molecule has 1 heterocycles. The summed E-state index contributed by atoms with van der Waals surface area (Å²) in [4.78, 5) is 0. The maximum atomic E-state index is 13.3. The van der Waals surface area contributed by atoms with Crippen molar-refractivity contribution >= 4 is 17.0 Å². The SMILES string of the molecule is Br.Oc1cc2c(c(-c3ccc(F)cc3)c1O)CCNCC2c1ccccc1. The standard InChI is InChI=1S/C22H20FNO2.BrH/c23-16-8-6-15(7-9-16)21-17-10-11-24-13-19(14-4-2-1-3-5-14)18(17)12-20(25)22(21)26;/h1-9,12,19,24-26H,10-11,13H2;1H. The summed E-state index contributed by atoms with van der Waals surface area (Å²) >= 11 is 0. The molecule has 5 heteroatoms. The van der Waals surface area contributed by atoms with Crippen LogP contribution < -0.4 is 5.32 Å². The number of phenolic OH excluding ortho intramolecular Hbond substituents is 2. The molecule has 0 aromatic heterocycles. The Kier molecular flexibility index (Phi) is 5.82. The van der Waals surface area contributed by atoms with E-state index in [0.29, 0.717) is 11.1 Å². The summed E-state index contributed by atoms with van der Waals surface area (Å²) in [6.45, 7) is 1.53. The zero-order valence-electron chi connectivity index (χ0n) is 14.7. The molecule has 0 fully saturated rings. The summed E-state index contributed by atoms with van der Waals surface area (Å²) in [5, 5.41) is 24.4. The van der Waals surface area contributed by atoms with Crippen LogP contribution in [0.4, 0.5) is 4.39 Å². The van der Waals surface area contributed by atoms with Crippen molar-refractivity contribution in [3.8, 4) is 22.6 Å². The topological polar surface area (TPSA) is 52.5 Å². The molecule has 1 atom stereocenters. The lowest BCUT2D eigenvalue weighted by molar-refractivity contribution is 0.404. The van der Waals surface area contributed by atoms with Crippen LogP contribution in [0.5, 0.6) is 11.5 Å². The predicted molar refractivity (Wildman–Crippen MR) is 110 cm³/mol. The minimum atomic E-state index is -0.330. The fourth-order valence-corrected chi connectivity index (χ4v) is 3.78. The lowest BCUT2D eigenvalue weighted by Crippen LogP contribution is -2.20. The van der Waals surface area contributed by atoms with Crippen LogP contribution in [0, 0.1) is 5.82 Å². The van der Waals surface area contributed by atoms with Crippen LogP contribution in [0.2, 0.25) is 0 Å². The Morgan fingerprint density at radius 3 is 2.37 bits per heavy atom. The van der Waals surface area contributed by atoms with Gasteiger partial charge in [-0.2, -0.15) is 0 Å². The Bertz CT molecular complexity index is 929. The van der Waals surface area contributed by atoms with Gasteiger partial charge in [-0.1, -0.05) is 42.5 Å². The Hall–Kier alpha value is -2.37. The van der Waals surface area contributed by atoms with Crippen LogP contribution in [0.25, 0.3) is 11.1 Å². The third kappa shape index (κ3) is 3.70. The molecule has 0 saturated carbocycles. The second kappa shape index (κ2) is 8.11. The normalized spacial score (nSPS) is 16.1. The number of rotatable bonds is 2. The molecule has 3 N–H and O–H groups in total. The van der Waals surface area contributed by atoms with Gasteiger partial charge in [0.05, 0.1) is 0 Å². The van der Waals surface area contributed by atoms with Crippen LogP contribution in [0.3, 0.4) is 0 Å². The first-order valence-electron chi connectivity index (χ1n) is 8.74. The molecule has 3 aromatic carbocycles. The van der Waals surface area contributed by atoms with Gasteiger partial charge in [0.25, 0.3) is 0 Å². The first-order chi connectivity index (χ1) is 12.6. The average molecular weight is 430 g/mol. The molecule has 3 nitrogen and oxygen atoms in total. The first kappa shape index (κ1) is 19.4. The van der Waals surface area contributed by atoms with Gasteiger partial charge in [-0.3, -0.25) is 0 Å². The summed E-state index contributed by atoms with van der Waals surface area (Å²) in [7, 11) is 0. The number of fused-ring (bicyclic) bond motifs is 1. The van der Waals surface area contributed by atoms with Crippen molar-refractivity contribution in [2.24, 2.45) is 0 Å². The van der Waals surface area contributed by atoms with E-state index in [-0.39, 0.29) is 40.2 Å². The van der Waals surface area contributed by atoms with Crippen LogP contribution in [0.1, 0.15) is 22.6 Å². The van der Waals surface area contributed by atoms with E-state index in [0.717, 1.165) is 36.2 Å². The molecule has 0 bridgehead atoms. The van der Waals surface area contributed by atoms with Gasteiger partial charge in [0.1, 0.15) is 5.82 Å². The predicted octanol–water partition coefficient (Wildman–Crippen LogP) is 4.76. The van der Waals surface area contributed by atoms with Crippen LogP contribution in [-0.2, 0) is 6.42 Å². The number of aromatic hydroxyl groups is 2. The Morgan fingerprint density at radius 2 is 1.67 bits per heavy atom. The molecule has 140 valence electrons. The molecule has 0 saturated heterocycles. The maximum Gasteiger partial charge on any atom is 0.165 e. The number of benzene rings is 3. The van der Waals surface area contributed by atoms with Gasteiger partial charge in [0, 0.05) is 18.0 Å². The van der Waals surface area contributed by atoms with Crippen molar-refractivity contribution < 1.29 is 14.6 Å². The van der Waals surface area contributed by atoms with Crippen molar-refractivity contribution in [1.82, 2.24) is 5.32 Å². The summed E-state index contributed by atoms with van der Waals surface area (Å²) in [6.07, 6.45) is 0.721. The van der Waals surface area contributed by atoms with E-state index < -0.39 is 0 Å². The van der Waals surface area contributed by atoms with Crippen LogP contribution >= 0.6 is 17.0 Å². The third-order valence-electron chi connectivity index (χ3n) is 5.03. The van der Waals surface area contributed by atoms with Crippen LogP contribution in [0.15, 0.2) is 60.7 Å². The van der Waals surface area contributed by atoms with Crippen molar-refractivity contribution in [2.45, 2.75) is 12.3 Å². The number of hydrogen-bond donors (Lipinski definition) is 3. The molecule has 1 unspecified atom stereocenters. The number of phenols is 2. The minimum Gasteiger partial charge on any atom is -0.504 e. The molecule has 0 radical (unpaired) electrons. The lowest BCUT2D eigenvalue weighted by atomic mass is 9.84. The first-order valence-corrected chi connectivity index (χ1v) is 8.74.